The van der Waals surface area contributed by atoms with E-state index in [4.69, 9.17) is 17.3 Å². The third-order valence-corrected chi connectivity index (χ3v) is 3.84. The number of nitrogens with two attached hydrogens (primary N) is 1. The Bertz CT molecular complexity index is 389. The van der Waals surface area contributed by atoms with Gasteiger partial charge in [-0.3, -0.25) is 0 Å². The Kier molecular flexibility index (Phi) is 2.52. The Labute approximate surface area is 94.4 Å². The molecule has 0 bridgehead atoms. The highest BCUT2D eigenvalue weighted by Crippen LogP contribution is 2.64. The van der Waals surface area contributed by atoms with Gasteiger partial charge in [0.2, 0.25) is 0 Å². The van der Waals surface area contributed by atoms with Crippen molar-refractivity contribution in [2.45, 2.75) is 19.8 Å². The third-order valence-electron chi connectivity index (χ3n) is 3.60. The predicted molar refractivity (Wildman–Crippen MR) is 60.5 cm³/mol. The van der Waals surface area contributed by atoms with Gasteiger partial charge in [0, 0.05) is 5.02 Å². The van der Waals surface area contributed by atoms with Crippen LogP contribution in [0.25, 0.3) is 0 Å². The quantitative estimate of drug-likeness (QED) is 0.825. The number of rotatable bonds is 2. The molecular formula is C12H15ClFN. The zero-order chi connectivity index (χ0) is 11.2. The van der Waals surface area contributed by atoms with E-state index < -0.39 is 0 Å². The summed E-state index contributed by atoms with van der Waals surface area (Å²) in [6.45, 7) is 4.87. The summed E-state index contributed by atoms with van der Waals surface area (Å²) in [6, 6.07) is 4.89. The summed E-state index contributed by atoms with van der Waals surface area (Å²) in [4.78, 5) is 0. The molecule has 3 heteroatoms. The maximum Gasteiger partial charge on any atom is 0.128 e. The van der Waals surface area contributed by atoms with Gasteiger partial charge in [-0.25, -0.2) is 4.39 Å². The molecule has 2 atom stereocenters. The average molecular weight is 228 g/mol. The summed E-state index contributed by atoms with van der Waals surface area (Å²) >= 11 is 5.72. The van der Waals surface area contributed by atoms with E-state index >= 15 is 0 Å². The van der Waals surface area contributed by atoms with Crippen LogP contribution in [-0.2, 0) is 0 Å². The van der Waals surface area contributed by atoms with Gasteiger partial charge in [-0.05, 0) is 41.5 Å². The minimum absolute atomic E-state index is 0.115. The van der Waals surface area contributed by atoms with E-state index in [1.807, 2.05) is 0 Å². The van der Waals surface area contributed by atoms with Crippen LogP contribution in [0, 0.1) is 17.2 Å². The first-order chi connectivity index (χ1) is 6.98. The molecule has 2 N–H and O–H groups in total. The molecule has 0 aromatic heterocycles. The highest BCUT2D eigenvalue weighted by molar-refractivity contribution is 6.30. The Balaban J connectivity index is 2.33. The van der Waals surface area contributed by atoms with Crippen LogP contribution in [0.4, 0.5) is 4.39 Å². The van der Waals surface area contributed by atoms with Crippen molar-refractivity contribution in [3.63, 3.8) is 0 Å². The van der Waals surface area contributed by atoms with Crippen molar-refractivity contribution in [2.24, 2.45) is 17.1 Å². The van der Waals surface area contributed by atoms with E-state index in [1.54, 1.807) is 12.1 Å². The summed E-state index contributed by atoms with van der Waals surface area (Å²) in [5.41, 5.74) is 6.53. The molecule has 1 aromatic rings. The summed E-state index contributed by atoms with van der Waals surface area (Å²) in [7, 11) is 0. The maximum atomic E-state index is 13.7. The van der Waals surface area contributed by atoms with Gasteiger partial charge in [0.1, 0.15) is 5.82 Å². The molecular weight excluding hydrogens is 213 g/mol. The minimum atomic E-state index is -0.212. The van der Waals surface area contributed by atoms with Crippen molar-refractivity contribution in [2.75, 3.05) is 6.54 Å². The van der Waals surface area contributed by atoms with E-state index in [0.29, 0.717) is 17.5 Å². The van der Waals surface area contributed by atoms with Crippen LogP contribution >= 0.6 is 11.6 Å². The monoisotopic (exact) mass is 227 g/mol. The van der Waals surface area contributed by atoms with E-state index in [9.17, 15) is 4.39 Å². The van der Waals surface area contributed by atoms with Crippen molar-refractivity contribution >= 4 is 11.6 Å². The molecule has 0 radical (unpaired) electrons. The highest BCUT2D eigenvalue weighted by Gasteiger charge is 2.57. The minimum Gasteiger partial charge on any atom is -0.330 e. The van der Waals surface area contributed by atoms with E-state index in [-0.39, 0.29) is 17.2 Å². The van der Waals surface area contributed by atoms with Crippen LogP contribution in [0.2, 0.25) is 5.02 Å². The number of hydrogen-bond acceptors (Lipinski definition) is 1. The molecule has 1 fully saturated rings. The Morgan fingerprint density at radius 2 is 2.13 bits per heavy atom. The van der Waals surface area contributed by atoms with Crippen LogP contribution < -0.4 is 5.73 Å². The summed E-state index contributed by atoms with van der Waals surface area (Å²) in [5, 5.41) is 0.444. The fourth-order valence-electron chi connectivity index (χ4n) is 2.56. The Morgan fingerprint density at radius 1 is 1.47 bits per heavy atom. The number of halogens is 2. The van der Waals surface area contributed by atoms with Gasteiger partial charge in [-0.1, -0.05) is 31.5 Å². The molecule has 0 spiro atoms. The average Bonchev–Trinajstić information content (AvgIpc) is 2.68. The molecule has 0 amide bonds. The predicted octanol–water partition coefficient (Wildman–Crippen LogP) is 3.18. The molecule has 1 saturated carbocycles. The van der Waals surface area contributed by atoms with Crippen molar-refractivity contribution in [1.82, 2.24) is 0 Å². The van der Waals surface area contributed by atoms with E-state index in [1.165, 1.54) is 6.07 Å². The summed E-state index contributed by atoms with van der Waals surface area (Å²) < 4.78 is 13.7. The Hall–Kier alpha value is -0.600. The molecule has 1 aromatic carbocycles. The zero-order valence-electron chi connectivity index (χ0n) is 8.93. The Morgan fingerprint density at radius 3 is 2.60 bits per heavy atom. The lowest BCUT2D eigenvalue weighted by Crippen LogP contribution is -2.05. The lowest BCUT2D eigenvalue weighted by Gasteiger charge is -2.04. The molecule has 0 aliphatic heterocycles. The van der Waals surface area contributed by atoms with E-state index in [2.05, 4.69) is 13.8 Å². The van der Waals surface area contributed by atoms with Gasteiger partial charge in [0.25, 0.3) is 0 Å². The first-order valence-electron chi connectivity index (χ1n) is 5.13. The fraction of sp³-hybridized carbons (Fsp3) is 0.500. The van der Waals surface area contributed by atoms with E-state index in [0.717, 1.165) is 5.56 Å². The molecule has 0 unspecified atom stereocenters. The van der Waals surface area contributed by atoms with Gasteiger partial charge in [-0.15, -0.1) is 0 Å². The molecule has 2 rings (SSSR count). The van der Waals surface area contributed by atoms with Gasteiger partial charge < -0.3 is 5.73 Å². The van der Waals surface area contributed by atoms with Crippen molar-refractivity contribution in [3.05, 3.63) is 34.6 Å². The highest BCUT2D eigenvalue weighted by atomic mass is 35.5. The largest absolute Gasteiger partial charge is 0.330 e. The van der Waals surface area contributed by atoms with Gasteiger partial charge in [0.15, 0.2) is 0 Å². The first-order valence-corrected chi connectivity index (χ1v) is 5.51. The number of benzene rings is 1. The second kappa shape index (κ2) is 3.46. The number of hydrogen-bond donors (Lipinski definition) is 1. The lowest BCUT2D eigenvalue weighted by molar-refractivity contribution is 0.551. The molecule has 1 aliphatic rings. The molecule has 1 nitrogen and oxygen atoms in total. The first kappa shape index (κ1) is 10.9. The van der Waals surface area contributed by atoms with Crippen LogP contribution in [0.15, 0.2) is 18.2 Å². The van der Waals surface area contributed by atoms with Gasteiger partial charge in [-0.2, -0.15) is 0 Å². The SMILES string of the molecule is CC1(C)[C@H](CN)[C@H]1c1ccc(Cl)cc1F. The van der Waals surface area contributed by atoms with Crippen LogP contribution in [0.5, 0.6) is 0 Å². The summed E-state index contributed by atoms with van der Waals surface area (Å²) in [5.74, 6) is 0.407. The second-order valence-corrected chi connectivity index (χ2v) is 5.24. The molecule has 1 aliphatic carbocycles. The molecule has 15 heavy (non-hydrogen) atoms. The van der Waals surface area contributed by atoms with Crippen LogP contribution in [0.3, 0.4) is 0 Å². The summed E-state index contributed by atoms with van der Waals surface area (Å²) in [6.07, 6.45) is 0. The van der Waals surface area contributed by atoms with Crippen LogP contribution in [-0.4, -0.2) is 6.54 Å². The smallest absolute Gasteiger partial charge is 0.128 e. The standard InChI is InChI=1S/C12H15ClFN/c1-12(2)9(6-15)11(12)8-4-3-7(13)5-10(8)14/h3-5,9,11H,6,15H2,1-2H3/t9-,11-/m1/s1. The van der Waals surface area contributed by atoms with Crippen molar-refractivity contribution in [1.29, 1.82) is 0 Å². The van der Waals surface area contributed by atoms with Gasteiger partial charge >= 0.3 is 0 Å². The maximum absolute atomic E-state index is 13.7. The molecule has 0 saturated heterocycles. The fourth-order valence-corrected chi connectivity index (χ4v) is 2.71. The molecule has 82 valence electrons. The normalized spacial score (nSPS) is 27.8. The zero-order valence-corrected chi connectivity index (χ0v) is 9.68. The van der Waals surface area contributed by atoms with Crippen LogP contribution in [0.1, 0.15) is 25.3 Å². The van der Waals surface area contributed by atoms with Crippen molar-refractivity contribution < 1.29 is 4.39 Å². The topological polar surface area (TPSA) is 26.0 Å². The van der Waals surface area contributed by atoms with Crippen molar-refractivity contribution in [3.8, 4) is 0 Å². The second-order valence-electron chi connectivity index (χ2n) is 4.81. The molecule has 0 heterocycles. The van der Waals surface area contributed by atoms with Gasteiger partial charge in [0.05, 0.1) is 0 Å². The lowest BCUT2D eigenvalue weighted by atomic mass is 10.0. The third kappa shape index (κ3) is 1.66.